The topological polar surface area (TPSA) is 77.5 Å². The van der Waals surface area contributed by atoms with Crippen LogP contribution in [0.25, 0.3) is 10.9 Å². The summed E-state index contributed by atoms with van der Waals surface area (Å²) in [5.74, 6) is 1.24. The van der Waals surface area contributed by atoms with Gasteiger partial charge in [-0.1, -0.05) is 35.9 Å². The third-order valence-corrected chi connectivity index (χ3v) is 7.54. The predicted octanol–water partition coefficient (Wildman–Crippen LogP) is 5.59. The van der Waals surface area contributed by atoms with Gasteiger partial charge in [0.25, 0.3) is 0 Å². The number of aromatic hydroxyl groups is 1. The number of benzene rings is 2. The van der Waals surface area contributed by atoms with Gasteiger partial charge in [-0.2, -0.15) is 0 Å². The molecule has 2 unspecified atom stereocenters. The van der Waals surface area contributed by atoms with E-state index < -0.39 is 0 Å². The minimum Gasteiger partial charge on any atom is -0.506 e. The Labute approximate surface area is 205 Å². The van der Waals surface area contributed by atoms with Crippen molar-refractivity contribution in [3.8, 4) is 5.75 Å². The molecule has 2 heterocycles. The normalized spacial score (nSPS) is 21.6. The summed E-state index contributed by atoms with van der Waals surface area (Å²) in [7, 11) is 0. The lowest BCUT2D eigenvalue weighted by Gasteiger charge is -2.38. The lowest BCUT2D eigenvalue weighted by Crippen LogP contribution is -2.52. The van der Waals surface area contributed by atoms with Crippen LogP contribution in [0.3, 0.4) is 0 Å². The summed E-state index contributed by atoms with van der Waals surface area (Å²) in [4.78, 5) is 19.7. The third kappa shape index (κ3) is 5.29. The molecule has 3 N–H and O–H groups in total. The van der Waals surface area contributed by atoms with Crippen LogP contribution >= 0.6 is 11.6 Å². The number of nitrogens with one attached hydrogen (secondary N) is 2. The highest BCUT2D eigenvalue weighted by molar-refractivity contribution is 6.30. The molecule has 0 bridgehead atoms. The Kier molecular flexibility index (Phi) is 6.88. The van der Waals surface area contributed by atoms with Crippen LogP contribution < -0.4 is 10.6 Å². The zero-order valence-electron chi connectivity index (χ0n) is 19.2. The molecule has 5 rings (SSSR count). The van der Waals surface area contributed by atoms with E-state index in [9.17, 15) is 9.90 Å². The highest BCUT2D eigenvalue weighted by atomic mass is 35.5. The number of likely N-dealkylation sites (tertiary alicyclic amines) is 1. The number of para-hydroxylation sites is 1. The van der Waals surface area contributed by atoms with Crippen LogP contribution in [0.4, 0.5) is 10.6 Å². The Bertz CT molecular complexity index is 1150. The smallest absolute Gasteiger partial charge is 0.320 e. The molecule has 2 amide bonds. The minimum absolute atomic E-state index is 0.108. The van der Waals surface area contributed by atoms with Crippen LogP contribution in [0.15, 0.2) is 54.6 Å². The molecule has 2 aromatic carbocycles. The van der Waals surface area contributed by atoms with Crippen LogP contribution in [0.1, 0.15) is 37.7 Å². The fraction of sp³-hybridized carbons (Fsp3) is 0.407. The number of piperidine rings is 1. The molecule has 1 aromatic heterocycles. The van der Waals surface area contributed by atoms with E-state index in [0.717, 1.165) is 49.2 Å². The second kappa shape index (κ2) is 10.2. The number of pyridine rings is 1. The molecule has 1 saturated heterocycles. The molecule has 0 radical (unpaired) electrons. The molecule has 1 aliphatic carbocycles. The SMILES string of the molecule is O=C(Nc1ccc2cccc(O)c2n1)NC1CCCC1N1CCC(Cc2ccc(Cl)cc2)CC1. The Balaban J connectivity index is 1.14. The molecule has 34 heavy (non-hydrogen) atoms. The van der Waals surface area contributed by atoms with Gasteiger partial charge in [-0.25, -0.2) is 9.78 Å². The van der Waals surface area contributed by atoms with E-state index in [2.05, 4.69) is 32.7 Å². The van der Waals surface area contributed by atoms with Gasteiger partial charge >= 0.3 is 6.03 Å². The molecule has 1 aliphatic heterocycles. The second-order valence-corrected chi connectivity index (χ2v) is 9.99. The summed E-state index contributed by atoms with van der Waals surface area (Å²) >= 11 is 6.02. The molecule has 6 nitrogen and oxygen atoms in total. The molecule has 0 spiro atoms. The van der Waals surface area contributed by atoms with Crippen LogP contribution in [-0.4, -0.2) is 46.2 Å². The van der Waals surface area contributed by atoms with E-state index in [-0.39, 0.29) is 17.8 Å². The van der Waals surface area contributed by atoms with Gasteiger partial charge in [0.05, 0.1) is 0 Å². The number of halogens is 1. The van der Waals surface area contributed by atoms with Crippen LogP contribution in [0.2, 0.25) is 5.02 Å². The standard InChI is InChI=1S/C27H31ClN4O2/c28-21-10-7-18(8-11-21)17-19-13-15-32(16-14-19)23-5-2-4-22(23)29-27(34)31-25-12-9-20-3-1-6-24(33)26(20)30-25/h1,3,6-12,19,22-23,33H,2,4-5,13-17H2,(H2,29,30,31,34). The van der Waals surface area contributed by atoms with Gasteiger partial charge in [0.2, 0.25) is 0 Å². The number of anilines is 1. The van der Waals surface area contributed by atoms with Crippen LogP contribution in [0, 0.1) is 5.92 Å². The highest BCUT2D eigenvalue weighted by Gasteiger charge is 2.35. The fourth-order valence-electron chi connectivity index (χ4n) is 5.51. The van der Waals surface area contributed by atoms with Gasteiger partial charge in [-0.15, -0.1) is 0 Å². The first-order chi connectivity index (χ1) is 16.5. The maximum Gasteiger partial charge on any atom is 0.320 e. The molecule has 2 fully saturated rings. The summed E-state index contributed by atoms with van der Waals surface area (Å²) in [6, 6.07) is 17.4. The number of fused-ring (bicyclic) bond motifs is 1. The second-order valence-electron chi connectivity index (χ2n) is 9.56. The van der Waals surface area contributed by atoms with E-state index in [0.29, 0.717) is 23.3 Å². The Hall–Kier alpha value is -2.83. The van der Waals surface area contributed by atoms with E-state index >= 15 is 0 Å². The van der Waals surface area contributed by atoms with Gasteiger partial charge in [0.15, 0.2) is 0 Å². The monoisotopic (exact) mass is 478 g/mol. The first kappa shape index (κ1) is 22.9. The van der Waals surface area contributed by atoms with Gasteiger partial charge < -0.3 is 10.4 Å². The Morgan fingerprint density at radius 2 is 1.82 bits per heavy atom. The summed E-state index contributed by atoms with van der Waals surface area (Å²) in [5, 5.41) is 17.7. The van der Waals surface area contributed by atoms with E-state index in [1.807, 2.05) is 24.3 Å². The fourth-order valence-corrected chi connectivity index (χ4v) is 5.64. The summed E-state index contributed by atoms with van der Waals surface area (Å²) in [5.41, 5.74) is 1.84. The van der Waals surface area contributed by atoms with E-state index in [4.69, 9.17) is 11.6 Å². The number of carbonyl (C=O) groups excluding carboxylic acids is 1. The lowest BCUT2D eigenvalue weighted by molar-refractivity contribution is 0.119. The summed E-state index contributed by atoms with van der Waals surface area (Å²) in [6.07, 6.45) is 6.71. The number of carbonyl (C=O) groups is 1. The molecule has 7 heteroatoms. The van der Waals surface area contributed by atoms with Crippen LogP contribution in [-0.2, 0) is 6.42 Å². The quantitative estimate of drug-likeness (QED) is 0.446. The number of phenols is 1. The number of rotatable bonds is 5. The number of hydrogen-bond acceptors (Lipinski definition) is 4. The van der Waals surface area contributed by atoms with Crippen molar-refractivity contribution in [1.82, 2.24) is 15.2 Å². The lowest BCUT2D eigenvalue weighted by atomic mass is 9.89. The van der Waals surface area contributed by atoms with Crippen molar-refractivity contribution in [3.63, 3.8) is 0 Å². The van der Waals surface area contributed by atoms with Crippen molar-refractivity contribution < 1.29 is 9.90 Å². The summed E-state index contributed by atoms with van der Waals surface area (Å²) < 4.78 is 0. The molecule has 1 saturated carbocycles. The maximum absolute atomic E-state index is 12.7. The van der Waals surface area contributed by atoms with E-state index in [1.165, 1.54) is 18.4 Å². The van der Waals surface area contributed by atoms with Crippen molar-refractivity contribution in [2.45, 2.75) is 50.6 Å². The molecular weight excluding hydrogens is 448 g/mol. The number of hydrogen-bond donors (Lipinski definition) is 3. The third-order valence-electron chi connectivity index (χ3n) is 7.29. The zero-order chi connectivity index (χ0) is 23.5. The maximum atomic E-state index is 12.7. The molecule has 2 atom stereocenters. The predicted molar refractivity (Wildman–Crippen MR) is 136 cm³/mol. The van der Waals surface area contributed by atoms with Crippen LogP contribution in [0.5, 0.6) is 5.75 Å². The average Bonchev–Trinajstić information content (AvgIpc) is 3.29. The van der Waals surface area contributed by atoms with Crippen molar-refractivity contribution in [2.75, 3.05) is 18.4 Å². The Morgan fingerprint density at radius 1 is 1.03 bits per heavy atom. The van der Waals surface area contributed by atoms with Gasteiger partial charge in [0, 0.05) is 22.5 Å². The number of phenolic OH excluding ortho intramolecular Hbond substituents is 1. The van der Waals surface area contributed by atoms with Crippen molar-refractivity contribution in [3.05, 3.63) is 65.2 Å². The van der Waals surface area contributed by atoms with Crippen molar-refractivity contribution >= 4 is 34.4 Å². The molecule has 3 aromatic rings. The molecular formula is C27H31ClN4O2. The first-order valence-electron chi connectivity index (χ1n) is 12.2. The first-order valence-corrected chi connectivity index (χ1v) is 12.6. The van der Waals surface area contributed by atoms with Gasteiger partial charge in [-0.3, -0.25) is 10.2 Å². The number of nitrogens with zero attached hydrogens (tertiary/aromatic N) is 2. The van der Waals surface area contributed by atoms with Gasteiger partial charge in [0.1, 0.15) is 17.1 Å². The molecule has 178 valence electrons. The number of amides is 2. The van der Waals surface area contributed by atoms with E-state index in [1.54, 1.807) is 18.2 Å². The Morgan fingerprint density at radius 3 is 2.62 bits per heavy atom. The minimum atomic E-state index is -0.239. The summed E-state index contributed by atoms with van der Waals surface area (Å²) in [6.45, 7) is 2.16. The highest BCUT2D eigenvalue weighted by Crippen LogP contribution is 2.30. The number of aromatic nitrogens is 1. The largest absolute Gasteiger partial charge is 0.506 e. The van der Waals surface area contributed by atoms with Crippen molar-refractivity contribution in [2.24, 2.45) is 5.92 Å². The zero-order valence-corrected chi connectivity index (χ0v) is 20.0. The molecule has 2 aliphatic rings. The average molecular weight is 479 g/mol. The number of urea groups is 1. The van der Waals surface area contributed by atoms with Crippen molar-refractivity contribution in [1.29, 1.82) is 0 Å². The van der Waals surface area contributed by atoms with Gasteiger partial charge in [-0.05, 0) is 93.4 Å².